The quantitative estimate of drug-likeness (QED) is 0.773. The molecule has 2 aliphatic rings. The highest BCUT2D eigenvalue weighted by Gasteiger charge is 2.28. The average Bonchev–Trinajstić information content (AvgIpc) is 2.95. The number of thioether (sulfide) groups is 1. The molecule has 2 aromatic rings. The molecule has 2 aromatic carbocycles. The monoisotopic (exact) mass is 409 g/mol. The van der Waals surface area contributed by atoms with Crippen molar-refractivity contribution in [1.82, 2.24) is 4.31 Å². The molecule has 1 fully saturated rings. The first kappa shape index (κ1) is 18.6. The van der Waals surface area contributed by atoms with Gasteiger partial charge in [0.1, 0.15) is 5.82 Å². The lowest BCUT2D eigenvalue weighted by Gasteiger charge is -2.20. The Hall–Kier alpha value is -1.77. The predicted molar refractivity (Wildman–Crippen MR) is 103 cm³/mol. The third-order valence-electron chi connectivity index (χ3n) is 4.70. The summed E-state index contributed by atoms with van der Waals surface area (Å²) >= 11 is 1.75. The molecule has 1 atom stereocenters. The second-order valence-corrected chi connectivity index (χ2v) is 9.83. The summed E-state index contributed by atoms with van der Waals surface area (Å²) in [5, 5.41) is 0.203. The molecule has 4 rings (SSSR count). The number of halogens is 1. The first-order chi connectivity index (χ1) is 13.0. The minimum absolute atomic E-state index is 0.176. The third-order valence-corrected chi connectivity index (χ3v) is 7.88. The summed E-state index contributed by atoms with van der Waals surface area (Å²) in [6.07, 6.45) is 0.715. The molecule has 0 spiro atoms. The van der Waals surface area contributed by atoms with Crippen LogP contribution in [0, 0.1) is 5.82 Å². The summed E-state index contributed by atoms with van der Waals surface area (Å²) in [7, 11) is -3.48. The van der Waals surface area contributed by atoms with Gasteiger partial charge in [0, 0.05) is 24.1 Å². The van der Waals surface area contributed by atoms with Crippen molar-refractivity contribution in [2.24, 2.45) is 0 Å². The summed E-state index contributed by atoms with van der Waals surface area (Å²) in [5.74, 6) is 1.60. The first-order valence-corrected chi connectivity index (χ1v) is 11.4. The Morgan fingerprint density at radius 2 is 1.96 bits per heavy atom. The van der Waals surface area contributed by atoms with Gasteiger partial charge in [-0.15, -0.1) is 0 Å². The Balaban J connectivity index is 1.45. The van der Waals surface area contributed by atoms with E-state index in [2.05, 4.69) is 0 Å². The van der Waals surface area contributed by atoms with Gasteiger partial charge >= 0.3 is 0 Å². The Kier molecular flexibility index (Phi) is 5.29. The van der Waals surface area contributed by atoms with Gasteiger partial charge in [-0.3, -0.25) is 0 Å². The fraction of sp³-hybridized carbons (Fsp3) is 0.368. The van der Waals surface area contributed by atoms with Crippen molar-refractivity contribution in [3.05, 3.63) is 59.4 Å². The number of benzene rings is 2. The average molecular weight is 410 g/mol. The molecule has 0 aromatic heterocycles. The van der Waals surface area contributed by atoms with Gasteiger partial charge in [-0.25, -0.2) is 17.1 Å². The molecule has 2 aliphatic heterocycles. The Morgan fingerprint density at radius 1 is 1.11 bits per heavy atom. The maximum Gasteiger partial charge on any atom is 0.231 e. The van der Waals surface area contributed by atoms with E-state index in [9.17, 15) is 12.8 Å². The Morgan fingerprint density at radius 3 is 2.81 bits per heavy atom. The van der Waals surface area contributed by atoms with Crippen molar-refractivity contribution in [1.29, 1.82) is 0 Å². The van der Waals surface area contributed by atoms with Gasteiger partial charge in [0.05, 0.1) is 5.75 Å². The molecule has 0 aliphatic carbocycles. The summed E-state index contributed by atoms with van der Waals surface area (Å²) in [6, 6.07) is 11.7. The molecular formula is C19H20FNO4S2. The van der Waals surface area contributed by atoms with Crippen LogP contribution in [0.3, 0.4) is 0 Å². The second kappa shape index (κ2) is 7.69. The summed E-state index contributed by atoms with van der Waals surface area (Å²) in [4.78, 5) is 0. The van der Waals surface area contributed by atoms with Gasteiger partial charge in [-0.2, -0.15) is 11.8 Å². The Bertz CT molecular complexity index is 935. The van der Waals surface area contributed by atoms with E-state index in [0.29, 0.717) is 30.8 Å². The zero-order chi connectivity index (χ0) is 18.9. The summed E-state index contributed by atoms with van der Waals surface area (Å²) in [5.41, 5.74) is 1.59. The molecule has 0 bridgehead atoms. The fourth-order valence-electron chi connectivity index (χ4n) is 3.34. The largest absolute Gasteiger partial charge is 0.454 e. The molecule has 0 radical (unpaired) electrons. The standard InChI is InChI=1S/C19H20FNO4S2/c20-16-3-1-2-14(10-16)12-27(22,23)21-7-6-19(26-9-8-21)15-4-5-17-18(11-15)25-13-24-17/h1-5,10-11,19H,6-9,12-13H2. The molecule has 5 nitrogen and oxygen atoms in total. The van der Waals surface area contributed by atoms with Crippen LogP contribution in [-0.2, 0) is 15.8 Å². The minimum atomic E-state index is -3.48. The number of sulfonamides is 1. The lowest BCUT2D eigenvalue weighted by molar-refractivity contribution is 0.174. The number of ether oxygens (including phenoxy) is 2. The predicted octanol–water partition coefficient (Wildman–Crippen LogP) is 3.56. The molecule has 8 heteroatoms. The van der Waals surface area contributed by atoms with E-state index in [0.717, 1.165) is 17.1 Å². The molecule has 0 N–H and O–H groups in total. The molecule has 144 valence electrons. The molecule has 1 saturated heterocycles. The number of hydrogen-bond acceptors (Lipinski definition) is 5. The van der Waals surface area contributed by atoms with Crippen LogP contribution >= 0.6 is 11.8 Å². The van der Waals surface area contributed by atoms with E-state index >= 15 is 0 Å². The van der Waals surface area contributed by atoms with Crippen LogP contribution in [0.1, 0.15) is 22.8 Å². The summed E-state index contributed by atoms with van der Waals surface area (Å²) < 4.78 is 51.2. The zero-order valence-corrected chi connectivity index (χ0v) is 16.3. The van der Waals surface area contributed by atoms with Gasteiger partial charge < -0.3 is 9.47 Å². The number of fused-ring (bicyclic) bond motifs is 1. The lowest BCUT2D eigenvalue weighted by Crippen LogP contribution is -2.34. The van der Waals surface area contributed by atoms with Crippen molar-refractivity contribution in [3.8, 4) is 11.5 Å². The fourth-order valence-corrected chi connectivity index (χ4v) is 6.21. The molecule has 27 heavy (non-hydrogen) atoms. The number of hydrogen-bond donors (Lipinski definition) is 0. The molecule has 0 amide bonds. The minimum Gasteiger partial charge on any atom is -0.454 e. The molecule has 2 heterocycles. The highest BCUT2D eigenvalue weighted by molar-refractivity contribution is 7.99. The second-order valence-electron chi connectivity index (χ2n) is 6.55. The maximum absolute atomic E-state index is 13.4. The number of nitrogens with zero attached hydrogens (tertiary/aromatic N) is 1. The third kappa shape index (κ3) is 4.23. The summed E-state index contributed by atoms with van der Waals surface area (Å²) in [6.45, 7) is 1.15. The van der Waals surface area contributed by atoms with Gasteiger partial charge in [-0.05, 0) is 41.8 Å². The van der Waals surface area contributed by atoms with Crippen molar-refractivity contribution in [2.75, 3.05) is 25.6 Å². The maximum atomic E-state index is 13.4. The van der Waals surface area contributed by atoms with Crippen molar-refractivity contribution >= 4 is 21.8 Å². The van der Waals surface area contributed by atoms with E-state index in [4.69, 9.17) is 9.47 Å². The van der Waals surface area contributed by atoms with E-state index in [1.54, 1.807) is 17.8 Å². The van der Waals surface area contributed by atoms with Crippen molar-refractivity contribution in [3.63, 3.8) is 0 Å². The van der Waals surface area contributed by atoms with Gasteiger partial charge in [0.15, 0.2) is 11.5 Å². The lowest BCUT2D eigenvalue weighted by atomic mass is 10.1. The van der Waals surface area contributed by atoms with E-state index in [-0.39, 0.29) is 17.8 Å². The van der Waals surface area contributed by atoms with Gasteiger partial charge in [0.25, 0.3) is 0 Å². The van der Waals surface area contributed by atoms with Gasteiger partial charge in [-0.1, -0.05) is 18.2 Å². The van der Waals surface area contributed by atoms with Gasteiger partial charge in [0.2, 0.25) is 16.8 Å². The van der Waals surface area contributed by atoms with Crippen LogP contribution in [-0.4, -0.2) is 38.4 Å². The van der Waals surface area contributed by atoms with Crippen molar-refractivity contribution < 1.29 is 22.3 Å². The molecule has 0 saturated carbocycles. The number of rotatable bonds is 4. The highest BCUT2D eigenvalue weighted by atomic mass is 32.2. The highest BCUT2D eigenvalue weighted by Crippen LogP contribution is 2.40. The smallest absolute Gasteiger partial charge is 0.231 e. The van der Waals surface area contributed by atoms with Crippen LogP contribution in [0.25, 0.3) is 0 Å². The van der Waals surface area contributed by atoms with Crippen LogP contribution in [0.5, 0.6) is 11.5 Å². The normalized spacial score (nSPS) is 20.4. The van der Waals surface area contributed by atoms with Crippen LogP contribution in [0.15, 0.2) is 42.5 Å². The topological polar surface area (TPSA) is 55.8 Å². The van der Waals surface area contributed by atoms with Crippen LogP contribution in [0.4, 0.5) is 4.39 Å². The molecular weight excluding hydrogens is 389 g/mol. The van der Waals surface area contributed by atoms with E-state index < -0.39 is 15.8 Å². The van der Waals surface area contributed by atoms with Crippen molar-refractivity contribution in [2.45, 2.75) is 17.4 Å². The van der Waals surface area contributed by atoms with E-state index in [1.165, 1.54) is 22.5 Å². The first-order valence-electron chi connectivity index (χ1n) is 8.75. The Labute approximate surface area is 162 Å². The van der Waals surface area contributed by atoms with Crippen LogP contribution in [0.2, 0.25) is 0 Å². The van der Waals surface area contributed by atoms with Crippen LogP contribution < -0.4 is 9.47 Å². The SMILES string of the molecule is O=S(=O)(Cc1cccc(F)c1)N1CCSC(c2ccc3c(c2)OCO3)CC1. The zero-order valence-electron chi connectivity index (χ0n) is 14.6. The molecule has 1 unspecified atom stereocenters. The van der Waals surface area contributed by atoms with E-state index in [1.807, 2.05) is 18.2 Å².